The van der Waals surface area contributed by atoms with Gasteiger partial charge in [-0.15, -0.1) is 0 Å². The van der Waals surface area contributed by atoms with Gasteiger partial charge in [-0.25, -0.2) is 4.98 Å². The van der Waals surface area contributed by atoms with Gasteiger partial charge in [0.1, 0.15) is 5.82 Å². The number of pyridine rings is 2. The predicted octanol–water partition coefficient (Wildman–Crippen LogP) is 3.27. The number of aryl methyl sites for hydroxylation is 1. The zero-order valence-electron chi connectivity index (χ0n) is 13.6. The Morgan fingerprint density at radius 2 is 2.04 bits per heavy atom. The van der Waals surface area contributed by atoms with Crippen molar-refractivity contribution in [2.24, 2.45) is 5.92 Å². The zero-order chi connectivity index (χ0) is 16.2. The van der Waals surface area contributed by atoms with Gasteiger partial charge in [-0.3, -0.25) is 9.78 Å². The number of piperidine rings is 1. The summed E-state index contributed by atoms with van der Waals surface area (Å²) in [6, 6.07) is 7.38. The maximum Gasteiger partial charge on any atom is 0.259 e. The third-order valence-electron chi connectivity index (χ3n) is 4.26. The lowest BCUT2D eigenvalue weighted by atomic mass is 9.99. The monoisotopic (exact) mass is 310 g/mol. The van der Waals surface area contributed by atoms with E-state index in [1.165, 1.54) is 0 Å². The lowest BCUT2D eigenvalue weighted by Gasteiger charge is -2.32. The molecule has 0 bridgehead atoms. The first-order chi connectivity index (χ1) is 11.1. The number of carbonyl (C=O) groups excluding carboxylic acids is 1. The van der Waals surface area contributed by atoms with E-state index in [1.54, 1.807) is 18.5 Å². The molecule has 0 unspecified atom stereocenters. The second-order valence-electron chi connectivity index (χ2n) is 6.19. The highest BCUT2D eigenvalue weighted by Crippen LogP contribution is 2.25. The average molecular weight is 310 g/mol. The highest BCUT2D eigenvalue weighted by atomic mass is 16.1. The smallest absolute Gasteiger partial charge is 0.259 e. The summed E-state index contributed by atoms with van der Waals surface area (Å²) in [6.07, 6.45) is 5.60. The number of hydrogen-bond acceptors (Lipinski definition) is 4. The van der Waals surface area contributed by atoms with E-state index in [-0.39, 0.29) is 5.91 Å². The minimum absolute atomic E-state index is 0.140. The summed E-state index contributed by atoms with van der Waals surface area (Å²) in [4.78, 5) is 23.5. The highest BCUT2D eigenvalue weighted by molar-refractivity contribution is 6.07. The SMILES string of the molecule is Cc1ccc(C(=O)Nc2cccnc2)c(N2CCC(C)CC2)n1. The Hall–Kier alpha value is -2.43. The predicted molar refractivity (Wildman–Crippen MR) is 91.8 cm³/mol. The molecule has 5 nitrogen and oxygen atoms in total. The molecule has 1 saturated heterocycles. The lowest BCUT2D eigenvalue weighted by Crippen LogP contribution is -2.35. The van der Waals surface area contributed by atoms with Crippen molar-refractivity contribution >= 4 is 17.4 Å². The second-order valence-corrected chi connectivity index (χ2v) is 6.19. The molecule has 5 heteroatoms. The summed E-state index contributed by atoms with van der Waals surface area (Å²) >= 11 is 0. The number of hydrogen-bond donors (Lipinski definition) is 1. The maximum absolute atomic E-state index is 12.6. The van der Waals surface area contributed by atoms with Crippen molar-refractivity contribution in [3.05, 3.63) is 47.9 Å². The zero-order valence-corrected chi connectivity index (χ0v) is 13.6. The number of rotatable bonds is 3. The third kappa shape index (κ3) is 3.67. The molecule has 0 radical (unpaired) electrons. The topological polar surface area (TPSA) is 58.1 Å². The van der Waals surface area contributed by atoms with Crippen LogP contribution < -0.4 is 10.2 Å². The second kappa shape index (κ2) is 6.77. The Morgan fingerprint density at radius 1 is 1.26 bits per heavy atom. The van der Waals surface area contributed by atoms with Crippen LogP contribution in [-0.4, -0.2) is 29.0 Å². The lowest BCUT2D eigenvalue weighted by molar-refractivity contribution is 0.102. The van der Waals surface area contributed by atoms with Gasteiger partial charge in [0.25, 0.3) is 5.91 Å². The first-order valence-corrected chi connectivity index (χ1v) is 8.07. The van der Waals surface area contributed by atoms with E-state index in [9.17, 15) is 4.79 Å². The molecule has 0 saturated carbocycles. The van der Waals surface area contributed by atoms with Crippen molar-refractivity contribution in [2.45, 2.75) is 26.7 Å². The Morgan fingerprint density at radius 3 is 2.74 bits per heavy atom. The van der Waals surface area contributed by atoms with Crippen LogP contribution in [0.4, 0.5) is 11.5 Å². The number of nitrogens with one attached hydrogen (secondary N) is 1. The van der Waals surface area contributed by atoms with Gasteiger partial charge in [0.2, 0.25) is 0 Å². The van der Waals surface area contributed by atoms with Gasteiger partial charge in [-0.05, 0) is 49.9 Å². The van der Waals surface area contributed by atoms with E-state index in [4.69, 9.17) is 0 Å². The number of amides is 1. The molecule has 2 aromatic rings. The summed E-state index contributed by atoms with van der Waals surface area (Å²) in [5.41, 5.74) is 2.24. The van der Waals surface area contributed by atoms with Gasteiger partial charge < -0.3 is 10.2 Å². The molecule has 0 aliphatic carbocycles. The van der Waals surface area contributed by atoms with E-state index >= 15 is 0 Å². The first kappa shape index (κ1) is 15.5. The molecule has 1 aliphatic rings. The van der Waals surface area contributed by atoms with Crippen LogP contribution in [0.2, 0.25) is 0 Å². The molecule has 0 aromatic carbocycles. The molecule has 0 spiro atoms. The quantitative estimate of drug-likeness (QED) is 0.945. The molecule has 120 valence electrons. The van der Waals surface area contributed by atoms with Crippen LogP contribution >= 0.6 is 0 Å². The average Bonchev–Trinajstić information content (AvgIpc) is 2.56. The van der Waals surface area contributed by atoms with Crippen LogP contribution in [0.5, 0.6) is 0 Å². The summed E-state index contributed by atoms with van der Waals surface area (Å²) in [5.74, 6) is 1.39. The maximum atomic E-state index is 12.6. The Kier molecular flexibility index (Phi) is 4.55. The van der Waals surface area contributed by atoms with Gasteiger partial charge >= 0.3 is 0 Å². The summed E-state index contributed by atoms with van der Waals surface area (Å²) in [7, 11) is 0. The molecule has 1 fully saturated rings. The van der Waals surface area contributed by atoms with Crippen LogP contribution in [0.3, 0.4) is 0 Å². The van der Waals surface area contributed by atoms with E-state index in [1.807, 2.05) is 25.1 Å². The molecule has 3 rings (SSSR count). The minimum Gasteiger partial charge on any atom is -0.356 e. The molecular weight excluding hydrogens is 288 g/mol. The van der Waals surface area contributed by atoms with Crippen molar-refractivity contribution in [3.63, 3.8) is 0 Å². The summed E-state index contributed by atoms with van der Waals surface area (Å²) in [5, 5.41) is 2.90. The largest absolute Gasteiger partial charge is 0.356 e. The van der Waals surface area contributed by atoms with E-state index in [2.05, 4.69) is 27.1 Å². The summed E-state index contributed by atoms with van der Waals surface area (Å²) in [6.45, 7) is 6.13. The third-order valence-corrected chi connectivity index (χ3v) is 4.26. The van der Waals surface area contributed by atoms with Gasteiger partial charge in [0, 0.05) is 25.0 Å². The van der Waals surface area contributed by atoms with Crippen LogP contribution in [0.15, 0.2) is 36.7 Å². The fraction of sp³-hybridized carbons (Fsp3) is 0.389. The van der Waals surface area contributed by atoms with Crippen LogP contribution in [0.25, 0.3) is 0 Å². The summed E-state index contributed by atoms with van der Waals surface area (Å²) < 4.78 is 0. The molecule has 1 amide bonds. The number of carbonyl (C=O) groups is 1. The van der Waals surface area contributed by atoms with Crippen LogP contribution in [-0.2, 0) is 0 Å². The Balaban J connectivity index is 1.85. The van der Waals surface area contributed by atoms with Gasteiger partial charge in [-0.2, -0.15) is 0 Å². The normalized spacial score (nSPS) is 15.5. The van der Waals surface area contributed by atoms with Crippen molar-refractivity contribution in [3.8, 4) is 0 Å². The van der Waals surface area contributed by atoms with Crippen molar-refractivity contribution < 1.29 is 4.79 Å². The molecule has 23 heavy (non-hydrogen) atoms. The standard InChI is InChI=1S/C18H22N4O/c1-13-7-10-22(11-8-13)17-16(6-5-14(2)20-17)18(23)21-15-4-3-9-19-12-15/h3-6,9,12-13H,7-8,10-11H2,1-2H3,(H,21,23). The van der Waals surface area contributed by atoms with Crippen LogP contribution in [0.1, 0.15) is 35.8 Å². The number of nitrogens with zero attached hydrogens (tertiary/aromatic N) is 3. The molecule has 1 N–H and O–H groups in total. The van der Waals surface area contributed by atoms with E-state index < -0.39 is 0 Å². The van der Waals surface area contributed by atoms with Crippen LogP contribution in [0, 0.1) is 12.8 Å². The Bertz CT molecular complexity index is 679. The molecule has 3 heterocycles. The Labute approximate surface area is 136 Å². The van der Waals surface area contributed by atoms with Crippen molar-refractivity contribution in [1.82, 2.24) is 9.97 Å². The van der Waals surface area contributed by atoms with Crippen molar-refractivity contribution in [1.29, 1.82) is 0 Å². The van der Waals surface area contributed by atoms with Gasteiger partial charge in [-0.1, -0.05) is 6.92 Å². The fourth-order valence-corrected chi connectivity index (χ4v) is 2.82. The number of anilines is 2. The molecule has 2 aromatic heterocycles. The fourth-order valence-electron chi connectivity index (χ4n) is 2.82. The molecular formula is C18H22N4O. The van der Waals surface area contributed by atoms with Gasteiger partial charge in [0.15, 0.2) is 0 Å². The molecule has 1 aliphatic heterocycles. The van der Waals surface area contributed by atoms with Gasteiger partial charge in [0.05, 0.1) is 17.4 Å². The minimum atomic E-state index is -0.140. The number of aromatic nitrogens is 2. The van der Waals surface area contributed by atoms with Crippen molar-refractivity contribution in [2.75, 3.05) is 23.3 Å². The highest BCUT2D eigenvalue weighted by Gasteiger charge is 2.22. The molecule has 0 atom stereocenters. The van der Waals surface area contributed by atoms with E-state index in [0.717, 1.165) is 43.4 Å². The van der Waals surface area contributed by atoms with E-state index in [0.29, 0.717) is 11.3 Å². The first-order valence-electron chi connectivity index (χ1n) is 8.07.